The van der Waals surface area contributed by atoms with E-state index in [0.29, 0.717) is 11.7 Å². The number of rotatable bonds is 5. The number of unbranched alkanes of at least 4 members (excludes halogenated alkanes) is 1. The van der Waals surface area contributed by atoms with Crippen molar-refractivity contribution >= 4 is 28.4 Å². The van der Waals surface area contributed by atoms with Crippen molar-refractivity contribution in [1.82, 2.24) is 20.2 Å². The lowest BCUT2D eigenvalue weighted by Gasteiger charge is -2.12. The van der Waals surface area contributed by atoms with Gasteiger partial charge in [-0.15, -0.1) is 0 Å². The Kier molecular flexibility index (Phi) is 5.49. The van der Waals surface area contributed by atoms with Crippen molar-refractivity contribution in [3.05, 3.63) is 39.8 Å². The van der Waals surface area contributed by atoms with E-state index in [0.717, 1.165) is 41.7 Å². The van der Waals surface area contributed by atoms with Crippen LogP contribution in [0.5, 0.6) is 0 Å². The predicted molar refractivity (Wildman–Crippen MR) is 94.4 cm³/mol. The Morgan fingerprint density at radius 3 is 2.82 bits per heavy atom. The number of aryl methyl sites for hydroxylation is 3. The van der Waals surface area contributed by atoms with E-state index >= 15 is 0 Å². The first kappa shape index (κ1) is 16.4. The molecule has 0 radical (unpaired) electrons. The van der Waals surface area contributed by atoms with Crippen LogP contribution in [0.25, 0.3) is 11.0 Å². The highest BCUT2D eigenvalue weighted by atomic mass is 32.1. The predicted octanol–water partition coefficient (Wildman–Crippen LogP) is 1.89. The summed E-state index contributed by atoms with van der Waals surface area (Å²) in [6.07, 6.45) is 1.84. The minimum atomic E-state index is 0.00343. The van der Waals surface area contributed by atoms with Crippen LogP contribution in [0.15, 0.2) is 23.0 Å². The van der Waals surface area contributed by atoms with E-state index in [1.807, 2.05) is 19.1 Å². The fourth-order valence-corrected chi connectivity index (χ4v) is 2.59. The van der Waals surface area contributed by atoms with Gasteiger partial charge in [-0.2, -0.15) is 0 Å². The minimum absolute atomic E-state index is 0.00343. The summed E-state index contributed by atoms with van der Waals surface area (Å²) < 4.78 is 1.77. The number of aromatic nitrogens is 2. The van der Waals surface area contributed by atoms with Gasteiger partial charge in [0, 0.05) is 37.3 Å². The third-order valence-electron chi connectivity index (χ3n) is 3.61. The smallest absolute Gasteiger partial charge is 0.252 e. The third kappa shape index (κ3) is 3.82. The molecule has 2 aromatic rings. The molecule has 6 heteroatoms. The summed E-state index contributed by atoms with van der Waals surface area (Å²) in [7, 11) is 1.79. The molecule has 2 rings (SSSR count). The van der Waals surface area contributed by atoms with Gasteiger partial charge in [0.25, 0.3) is 5.56 Å². The topological polar surface area (TPSA) is 59.0 Å². The molecule has 2 N–H and O–H groups in total. The largest absolute Gasteiger partial charge is 0.366 e. The van der Waals surface area contributed by atoms with Crippen LogP contribution in [-0.2, 0) is 6.54 Å². The first-order chi connectivity index (χ1) is 10.5. The number of fused-ring (bicyclic) bond motifs is 1. The van der Waals surface area contributed by atoms with E-state index in [1.165, 1.54) is 0 Å². The fourth-order valence-electron chi connectivity index (χ4n) is 2.49. The Bertz CT molecular complexity index is 739. The monoisotopic (exact) mass is 318 g/mol. The standard InChI is InChI=1S/C16H22N4OS/c1-11-10-12(2)19-15-13(11)6-7-14(21)20(15)9-5-4-8-18-16(22)17-3/h6-7,10H,4-5,8-9H2,1-3H3,(H2,17,18,22). The van der Waals surface area contributed by atoms with Crippen LogP contribution in [0.3, 0.4) is 0 Å². The quantitative estimate of drug-likeness (QED) is 0.651. The van der Waals surface area contributed by atoms with E-state index in [-0.39, 0.29) is 5.56 Å². The highest BCUT2D eigenvalue weighted by molar-refractivity contribution is 7.80. The van der Waals surface area contributed by atoms with Crippen molar-refractivity contribution < 1.29 is 0 Å². The van der Waals surface area contributed by atoms with Gasteiger partial charge < -0.3 is 10.6 Å². The molecule has 0 amide bonds. The summed E-state index contributed by atoms with van der Waals surface area (Å²) >= 11 is 5.02. The van der Waals surface area contributed by atoms with Gasteiger partial charge in [0.1, 0.15) is 5.65 Å². The van der Waals surface area contributed by atoms with Crippen LogP contribution in [0, 0.1) is 13.8 Å². The lowest BCUT2D eigenvalue weighted by Crippen LogP contribution is -2.33. The van der Waals surface area contributed by atoms with Gasteiger partial charge in [-0.05, 0) is 56.6 Å². The zero-order valence-electron chi connectivity index (χ0n) is 13.3. The minimum Gasteiger partial charge on any atom is -0.366 e. The maximum Gasteiger partial charge on any atom is 0.252 e. The molecule has 0 spiro atoms. The lowest BCUT2D eigenvalue weighted by molar-refractivity contribution is 0.598. The molecule has 0 fully saturated rings. The van der Waals surface area contributed by atoms with Gasteiger partial charge in [-0.1, -0.05) is 0 Å². The molecule has 5 nitrogen and oxygen atoms in total. The molecule has 22 heavy (non-hydrogen) atoms. The molecule has 0 saturated carbocycles. The molecule has 0 aliphatic carbocycles. The van der Waals surface area contributed by atoms with Crippen LogP contribution in [0.2, 0.25) is 0 Å². The molecule has 0 bridgehead atoms. The molecule has 118 valence electrons. The van der Waals surface area contributed by atoms with Gasteiger partial charge in [-0.25, -0.2) is 4.98 Å². The molecule has 0 unspecified atom stereocenters. The Hall–Kier alpha value is -1.95. The molecule has 2 aromatic heterocycles. The summed E-state index contributed by atoms with van der Waals surface area (Å²) in [5.41, 5.74) is 2.87. The van der Waals surface area contributed by atoms with Crippen molar-refractivity contribution in [2.24, 2.45) is 0 Å². The highest BCUT2D eigenvalue weighted by Crippen LogP contribution is 2.16. The number of pyridine rings is 2. The van der Waals surface area contributed by atoms with Crippen LogP contribution >= 0.6 is 12.2 Å². The van der Waals surface area contributed by atoms with Gasteiger partial charge in [0.05, 0.1) is 0 Å². The van der Waals surface area contributed by atoms with Crippen LogP contribution in [0.1, 0.15) is 24.1 Å². The molecular formula is C16H22N4OS. The number of nitrogens with zero attached hydrogens (tertiary/aromatic N) is 2. The van der Waals surface area contributed by atoms with Gasteiger partial charge >= 0.3 is 0 Å². The van der Waals surface area contributed by atoms with Crippen molar-refractivity contribution in [2.75, 3.05) is 13.6 Å². The number of nitrogens with one attached hydrogen (secondary N) is 2. The number of hydrogen-bond acceptors (Lipinski definition) is 3. The summed E-state index contributed by atoms with van der Waals surface area (Å²) in [5, 5.41) is 7.67. The molecule has 2 heterocycles. The average Bonchev–Trinajstić information content (AvgIpc) is 2.48. The van der Waals surface area contributed by atoms with E-state index in [4.69, 9.17) is 12.2 Å². The molecule has 0 atom stereocenters. The molecule has 0 aromatic carbocycles. The second-order valence-electron chi connectivity index (χ2n) is 5.35. The van der Waals surface area contributed by atoms with Crippen LogP contribution < -0.4 is 16.2 Å². The maximum atomic E-state index is 12.2. The van der Waals surface area contributed by atoms with Crippen molar-refractivity contribution in [2.45, 2.75) is 33.2 Å². The van der Waals surface area contributed by atoms with Gasteiger partial charge in [-0.3, -0.25) is 9.36 Å². The summed E-state index contributed by atoms with van der Waals surface area (Å²) in [6.45, 7) is 5.47. The van der Waals surface area contributed by atoms with Crippen molar-refractivity contribution in [3.8, 4) is 0 Å². The van der Waals surface area contributed by atoms with Crippen LogP contribution in [0.4, 0.5) is 0 Å². The van der Waals surface area contributed by atoms with E-state index in [9.17, 15) is 4.79 Å². The molecular weight excluding hydrogens is 296 g/mol. The summed E-state index contributed by atoms with van der Waals surface area (Å²) in [5.74, 6) is 0. The Morgan fingerprint density at radius 2 is 2.09 bits per heavy atom. The Morgan fingerprint density at radius 1 is 1.32 bits per heavy atom. The highest BCUT2D eigenvalue weighted by Gasteiger charge is 2.07. The Labute approximate surface area is 135 Å². The molecule has 0 aliphatic rings. The first-order valence-corrected chi connectivity index (χ1v) is 7.87. The summed E-state index contributed by atoms with van der Waals surface area (Å²) in [6, 6.07) is 5.53. The lowest BCUT2D eigenvalue weighted by atomic mass is 10.1. The number of thiocarbonyl (C=S) groups is 1. The molecule has 0 saturated heterocycles. The maximum absolute atomic E-state index is 12.2. The van der Waals surface area contributed by atoms with Gasteiger partial charge in [0.15, 0.2) is 5.11 Å². The van der Waals surface area contributed by atoms with E-state index in [2.05, 4.69) is 22.5 Å². The second-order valence-corrected chi connectivity index (χ2v) is 5.76. The zero-order chi connectivity index (χ0) is 16.1. The number of hydrogen-bond donors (Lipinski definition) is 2. The summed E-state index contributed by atoms with van der Waals surface area (Å²) in [4.78, 5) is 16.7. The average molecular weight is 318 g/mol. The van der Waals surface area contributed by atoms with E-state index < -0.39 is 0 Å². The second kappa shape index (κ2) is 7.35. The van der Waals surface area contributed by atoms with Crippen molar-refractivity contribution in [3.63, 3.8) is 0 Å². The zero-order valence-corrected chi connectivity index (χ0v) is 14.1. The van der Waals surface area contributed by atoms with Crippen LogP contribution in [-0.4, -0.2) is 28.3 Å². The third-order valence-corrected chi connectivity index (χ3v) is 3.96. The Balaban J connectivity index is 2.12. The molecule has 0 aliphatic heterocycles. The van der Waals surface area contributed by atoms with E-state index in [1.54, 1.807) is 17.7 Å². The van der Waals surface area contributed by atoms with Gasteiger partial charge in [0.2, 0.25) is 0 Å². The fraction of sp³-hybridized carbons (Fsp3) is 0.438. The first-order valence-electron chi connectivity index (χ1n) is 7.46. The normalized spacial score (nSPS) is 10.7. The van der Waals surface area contributed by atoms with Crippen molar-refractivity contribution in [1.29, 1.82) is 0 Å². The SMILES string of the molecule is CNC(=S)NCCCCn1c(=O)ccc2c(C)cc(C)nc21.